The Bertz CT molecular complexity index is 247. The van der Waals surface area contributed by atoms with Crippen LogP contribution in [0.2, 0.25) is 0 Å². The van der Waals surface area contributed by atoms with E-state index in [4.69, 9.17) is 5.11 Å². The van der Waals surface area contributed by atoms with Crippen LogP contribution in [0, 0.1) is 16.7 Å². The van der Waals surface area contributed by atoms with Crippen molar-refractivity contribution in [2.45, 2.75) is 73.6 Å². The van der Waals surface area contributed by atoms with E-state index in [1.807, 2.05) is 0 Å². The van der Waals surface area contributed by atoms with Gasteiger partial charge in [0, 0.05) is 0 Å². The highest BCUT2D eigenvalue weighted by Crippen LogP contribution is 2.44. The van der Waals surface area contributed by atoms with Gasteiger partial charge in [0.05, 0.1) is 6.42 Å². The minimum Gasteiger partial charge on any atom is -0.481 e. The zero-order valence-electron chi connectivity index (χ0n) is 12.5. The van der Waals surface area contributed by atoms with E-state index in [1.54, 1.807) is 0 Å². The standard InChI is InChI=1S/C15H30O2/c1-7-14(5,9-12(3)4)11-15(6,8-2)10-13(16)17/h12H,7-11H2,1-6H3,(H,16,17)/t14?,15-/m0/s1. The van der Waals surface area contributed by atoms with Crippen LogP contribution < -0.4 is 0 Å². The highest BCUT2D eigenvalue weighted by atomic mass is 16.4. The molecule has 0 saturated heterocycles. The summed E-state index contributed by atoms with van der Waals surface area (Å²) in [4.78, 5) is 11.0. The third kappa shape index (κ3) is 6.09. The third-order valence-electron chi connectivity index (χ3n) is 4.04. The van der Waals surface area contributed by atoms with Gasteiger partial charge in [-0.15, -0.1) is 0 Å². The summed E-state index contributed by atoms with van der Waals surface area (Å²) < 4.78 is 0. The maximum absolute atomic E-state index is 11.0. The molecule has 1 N–H and O–H groups in total. The monoisotopic (exact) mass is 242 g/mol. The molecule has 0 amide bonds. The molecule has 0 rings (SSSR count). The van der Waals surface area contributed by atoms with Crippen molar-refractivity contribution < 1.29 is 9.90 Å². The summed E-state index contributed by atoms with van der Waals surface area (Å²) in [5, 5.41) is 9.03. The Balaban J connectivity index is 4.76. The van der Waals surface area contributed by atoms with E-state index in [9.17, 15) is 4.79 Å². The topological polar surface area (TPSA) is 37.3 Å². The fourth-order valence-electron chi connectivity index (χ4n) is 3.04. The van der Waals surface area contributed by atoms with Gasteiger partial charge in [0.1, 0.15) is 0 Å². The van der Waals surface area contributed by atoms with Gasteiger partial charge in [-0.3, -0.25) is 4.79 Å². The first-order valence-electron chi connectivity index (χ1n) is 6.88. The number of aliphatic carboxylic acids is 1. The summed E-state index contributed by atoms with van der Waals surface area (Å²) in [5.74, 6) is 0.00299. The lowest BCUT2D eigenvalue weighted by molar-refractivity contribution is -0.140. The molecular formula is C15H30O2. The molecule has 0 saturated carbocycles. The lowest BCUT2D eigenvalue weighted by atomic mass is 9.66. The van der Waals surface area contributed by atoms with Crippen LogP contribution >= 0.6 is 0 Å². The maximum atomic E-state index is 11.0. The predicted molar refractivity (Wildman–Crippen MR) is 73.1 cm³/mol. The van der Waals surface area contributed by atoms with E-state index in [-0.39, 0.29) is 17.3 Å². The largest absolute Gasteiger partial charge is 0.481 e. The highest BCUT2D eigenvalue weighted by molar-refractivity contribution is 5.67. The Hall–Kier alpha value is -0.530. The van der Waals surface area contributed by atoms with E-state index in [2.05, 4.69) is 41.5 Å². The summed E-state index contributed by atoms with van der Waals surface area (Å²) in [7, 11) is 0. The Morgan fingerprint density at radius 2 is 1.59 bits per heavy atom. The third-order valence-corrected chi connectivity index (χ3v) is 4.04. The van der Waals surface area contributed by atoms with Crippen LogP contribution in [0.25, 0.3) is 0 Å². The highest BCUT2D eigenvalue weighted by Gasteiger charge is 2.35. The fourth-order valence-corrected chi connectivity index (χ4v) is 3.04. The molecule has 0 aliphatic rings. The average Bonchev–Trinajstić information content (AvgIpc) is 2.15. The number of hydrogen-bond donors (Lipinski definition) is 1. The van der Waals surface area contributed by atoms with Crippen molar-refractivity contribution in [3.8, 4) is 0 Å². The molecular weight excluding hydrogens is 212 g/mol. The summed E-state index contributed by atoms with van der Waals surface area (Å²) in [5.41, 5.74) is 0.208. The number of hydrogen-bond acceptors (Lipinski definition) is 1. The van der Waals surface area contributed by atoms with Crippen molar-refractivity contribution in [2.75, 3.05) is 0 Å². The van der Waals surface area contributed by atoms with Gasteiger partial charge in [-0.2, -0.15) is 0 Å². The van der Waals surface area contributed by atoms with E-state index in [0.29, 0.717) is 5.92 Å². The van der Waals surface area contributed by atoms with E-state index < -0.39 is 5.97 Å². The van der Waals surface area contributed by atoms with Crippen molar-refractivity contribution in [3.05, 3.63) is 0 Å². The van der Waals surface area contributed by atoms with Crippen LogP contribution in [0.5, 0.6) is 0 Å². The zero-order valence-corrected chi connectivity index (χ0v) is 12.5. The molecule has 0 aliphatic carbocycles. The van der Waals surface area contributed by atoms with Gasteiger partial charge in [0.2, 0.25) is 0 Å². The van der Waals surface area contributed by atoms with Crippen LogP contribution in [0.3, 0.4) is 0 Å². The molecule has 0 aromatic carbocycles. The first-order chi connectivity index (χ1) is 7.66. The Morgan fingerprint density at radius 1 is 1.12 bits per heavy atom. The molecule has 0 spiro atoms. The summed E-state index contributed by atoms with van der Waals surface area (Å²) >= 11 is 0. The molecule has 2 heteroatoms. The lowest BCUT2D eigenvalue weighted by Crippen LogP contribution is -2.30. The summed E-state index contributed by atoms with van der Waals surface area (Å²) in [6.07, 6.45) is 4.54. The van der Waals surface area contributed by atoms with Gasteiger partial charge in [-0.25, -0.2) is 0 Å². The van der Waals surface area contributed by atoms with E-state index in [1.165, 1.54) is 6.42 Å². The smallest absolute Gasteiger partial charge is 0.303 e. The van der Waals surface area contributed by atoms with Gasteiger partial charge in [-0.1, -0.05) is 54.4 Å². The Kier molecular flexibility index (Phi) is 6.22. The van der Waals surface area contributed by atoms with Crippen LogP contribution in [0.15, 0.2) is 0 Å². The van der Waals surface area contributed by atoms with Crippen LogP contribution in [-0.2, 0) is 4.79 Å². The van der Waals surface area contributed by atoms with Crippen LogP contribution in [0.1, 0.15) is 73.6 Å². The molecule has 2 atom stereocenters. The molecule has 0 aromatic rings. The zero-order chi connectivity index (χ0) is 13.7. The molecule has 102 valence electrons. The van der Waals surface area contributed by atoms with Crippen molar-refractivity contribution in [3.63, 3.8) is 0 Å². The van der Waals surface area contributed by atoms with E-state index >= 15 is 0 Å². The molecule has 1 unspecified atom stereocenters. The molecule has 0 aliphatic heterocycles. The minimum atomic E-state index is -0.669. The van der Waals surface area contributed by atoms with Gasteiger partial charge in [0.25, 0.3) is 0 Å². The molecule has 0 fully saturated rings. The number of carbonyl (C=O) groups is 1. The Morgan fingerprint density at radius 3 is 1.88 bits per heavy atom. The quantitative estimate of drug-likeness (QED) is 0.668. The average molecular weight is 242 g/mol. The van der Waals surface area contributed by atoms with Gasteiger partial charge < -0.3 is 5.11 Å². The molecule has 2 nitrogen and oxygen atoms in total. The minimum absolute atomic E-state index is 0.0640. The first-order valence-corrected chi connectivity index (χ1v) is 6.88. The first kappa shape index (κ1) is 16.5. The van der Waals surface area contributed by atoms with Crippen LogP contribution in [-0.4, -0.2) is 11.1 Å². The second-order valence-corrected chi connectivity index (χ2v) is 6.67. The maximum Gasteiger partial charge on any atom is 0.303 e. The molecule has 0 bridgehead atoms. The van der Waals surface area contributed by atoms with Crippen LogP contribution in [0.4, 0.5) is 0 Å². The SMILES string of the molecule is CCC(C)(CC(C)C)C[C@@](C)(CC)CC(=O)O. The number of carboxylic acid groups (broad SMARTS) is 1. The Labute approximate surface area is 107 Å². The normalized spacial score (nSPS) is 18.8. The van der Waals surface area contributed by atoms with Gasteiger partial charge in [-0.05, 0) is 29.6 Å². The van der Waals surface area contributed by atoms with Gasteiger partial charge >= 0.3 is 5.97 Å². The predicted octanol–water partition coefficient (Wildman–Crippen LogP) is 4.73. The van der Waals surface area contributed by atoms with Crippen molar-refractivity contribution in [1.29, 1.82) is 0 Å². The van der Waals surface area contributed by atoms with E-state index in [0.717, 1.165) is 19.3 Å². The molecule has 0 aromatic heterocycles. The summed E-state index contributed by atoms with van der Waals surface area (Å²) in [6.45, 7) is 13.2. The molecule has 0 radical (unpaired) electrons. The number of carboxylic acids is 1. The second kappa shape index (κ2) is 6.42. The molecule has 0 heterocycles. The number of rotatable bonds is 8. The second-order valence-electron chi connectivity index (χ2n) is 6.67. The summed E-state index contributed by atoms with van der Waals surface area (Å²) in [6, 6.07) is 0. The van der Waals surface area contributed by atoms with Crippen molar-refractivity contribution in [1.82, 2.24) is 0 Å². The van der Waals surface area contributed by atoms with Gasteiger partial charge in [0.15, 0.2) is 0 Å². The lowest BCUT2D eigenvalue weighted by Gasteiger charge is -2.39. The molecule has 17 heavy (non-hydrogen) atoms. The fraction of sp³-hybridized carbons (Fsp3) is 0.933. The van der Waals surface area contributed by atoms with Crippen molar-refractivity contribution in [2.24, 2.45) is 16.7 Å². The van der Waals surface area contributed by atoms with Crippen molar-refractivity contribution >= 4 is 5.97 Å².